The highest BCUT2D eigenvalue weighted by Crippen LogP contribution is 2.66. The molecular weight excluding hydrogens is 555 g/mol. The van der Waals surface area contributed by atoms with Gasteiger partial charge in [0.05, 0.1) is 6.61 Å². The summed E-state index contributed by atoms with van der Waals surface area (Å²) in [4.78, 5) is 62.1. The molecule has 1 saturated heterocycles. The van der Waals surface area contributed by atoms with Crippen LogP contribution in [0.15, 0.2) is 27.4 Å². The first kappa shape index (κ1) is 30.9. The fourth-order valence-corrected chi connectivity index (χ4v) is 5.92. The summed E-state index contributed by atoms with van der Waals surface area (Å²) in [5, 5.41) is 23.5. The largest absolute Gasteiger partial charge is 0.490 e. The monoisotopic (exact) mass is 581 g/mol. The van der Waals surface area contributed by atoms with Crippen molar-refractivity contribution in [2.45, 2.75) is 44.9 Å². The first-order valence-corrected chi connectivity index (χ1v) is 14.4. The molecule has 0 aliphatic carbocycles. The Kier molecular flexibility index (Phi) is 10.3. The number of allylic oxidation sites excluding steroid dienone is 1. The summed E-state index contributed by atoms with van der Waals surface area (Å²) in [5.41, 5.74) is -0.602. The molecular formula is C15H26N3O15P3. The van der Waals surface area contributed by atoms with Crippen LogP contribution in [-0.4, -0.2) is 70.8 Å². The molecule has 1 aromatic rings. The third-order valence-corrected chi connectivity index (χ3v) is 8.24. The van der Waals surface area contributed by atoms with Gasteiger partial charge >= 0.3 is 29.2 Å². The zero-order chi connectivity index (χ0) is 27.5. The van der Waals surface area contributed by atoms with E-state index < -0.39 is 65.9 Å². The van der Waals surface area contributed by atoms with E-state index in [1.54, 1.807) is 0 Å². The van der Waals surface area contributed by atoms with Crippen LogP contribution in [0.25, 0.3) is 0 Å². The van der Waals surface area contributed by atoms with E-state index in [1.165, 1.54) is 0 Å². The van der Waals surface area contributed by atoms with Gasteiger partial charge in [0.2, 0.25) is 0 Å². The second-order valence-electron chi connectivity index (χ2n) is 7.67. The van der Waals surface area contributed by atoms with Crippen molar-refractivity contribution in [2.24, 2.45) is 0 Å². The van der Waals surface area contributed by atoms with Gasteiger partial charge in [0, 0.05) is 24.8 Å². The molecule has 2 heterocycles. The van der Waals surface area contributed by atoms with Crippen LogP contribution in [0.2, 0.25) is 0 Å². The molecule has 1 aromatic heterocycles. The number of ether oxygens (including phenoxy) is 1. The number of hydrogen-bond donors (Lipinski definition) is 8. The molecule has 18 nitrogen and oxygen atoms in total. The standard InChI is InChI=1S/C15H26N3O15P3/c1-8(2)3-4-16-5-9-6-18(15(22)17-13(9)21)14-12(20)11(19)10(31-14)7-30-35(26,27)33-36(28,29)32-34(23,24)25/h3,6,10-12,14,16,19-20H,4-5,7H2,1-2H3,(H,26,27)(H,28,29)(H,17,21,22)(H2,23,24,25)/t10-,11+,12+,14-/m1/s1. The van der Waals surface area contributed by atoms with Gasteiger partial charge in [-0.2, -0.15) is 8.62 Å². The van der Waals surface area contributed by atoms with Crippen LogP contribution in [-0.2, 0) is 38.1 Å². The first-order valence-electron chi connectivity index (χ1n) is 9.89. The number of nitrogens with one attached hydrogen (secondary N) is 2. The lowest BCUT2D eigenvalue weighted by Crippen LogP contribution is -2.39. The zero-order valence-electron chi connectivity index (χ0n) is 18.7. The van der Waals surface area contributed by atoms with E-state index in [9.17, 15) is 38.4 Å². The minimum atomic E-state index is -5.76. The van der Waals surface area contributed by atoms with Gasteiger partial charge in [0.25, 0.3) is 5.56 Å². The molecule has 2 rings (SSSR count). The van der Waals surface area contributed by atoms with E-state index in [0.29, 0.717) is 6.54 Å². The quantitative estimate of drug-likeness (QED) is 0.0796. The smallest absolute Gasteiger partial charge is 0.387 e. The Labute approximate surface area is 202 Å². The van der Waals surface area contributed by atoms with Gasteiger partial charge in [-0.1, -0.05) is 11.6 Å². The van der Waals surface area contributed by atoms with Gasteiger partial charge in [0.15, 0.2) is 6.23 Å². The molecule has 0 spiro atoms. The SMILES string of the molecule is CC(C)=CCNCc1cn([C@@H]2O[C@H](COP(=O)(O)OP(=O)(O)OP(=O)(O)O)[C@H](O)[C@@H]2O)c(=O)[nH]c1=O. The third kappa shape index (κ3) is 9.20. The summed E-state index contributed by atoms with van der Waals surface area (Å²) in [5.74, 6) is 0. The van der Waals surface area contributed by atoms with E-state index in [-0.39, 0.29) is 12.1 Å². The predicted octanol–water partition coefficient (Wildman–Crippen LogP) is -1.45. The maximum Gasteiger partial charge on any atom is 0.490 e. The molecule has 0 radical (unpaired) electrons. The van der Waals surface area contributed by atoms with Crippen molar-refractivity contribution in [3.05, 3.63) is 44.2 Å². The van der Waals surface area contributed by atoms with Crippen molar-refractivity contribution in [3.63, 3.8) is 0 Å². The molecule has 0 bridgehead atoms. The minimum Gasteiger partial charge on any atom is -0.387 e. The summed E-state index contributed by atoms with van der Waals surface area (Å²) in [7, 11) is -16.9. The van der Waals surface area contributed by atoms with E-state index in [2.05, 4.69) is 18.5 Å². The van der Waals surface area contributed by atoms with Crippen molar-refractivity contribution < 1.29 is 61.4 Å². The number of aliphatic hydroxyl groups excluding tert-OH is 2. The highest BCUT2D eigenvalue weighted by atomic mass is 31.3. The number of H-pyrrole nitrogens is 1. The first-order chi connectivity index (χ1) is 16.4. The number of nitrogens with zero attached hydrogens (tertiary/aromatic N) is 1. The van der Waals surface area contributed by atoms with Crippen LogP contribution < -0.4 is 16.6 Å². The minimum absolute atomic E-state index is 0.0280. The molecule has 1 fully saturated rings. The molecule has 0 aromatic carbocycles. The summed E-state index contributed by atoms with van der Waals surface area (Å²) in [6.45, 7) is 3.14. The maximum absolute atomic E-state index is 12.3. The van der Waals surface area contributed by atoms with E-state index in [0.717, 1.165) is 16.3 Å². The number of rotatable bonds is 12. The number of aliphatic hydroxyl groups is 2. The van der Waals surface area contributed by atoms with Crippen LogP contribution in [0.5, 0.6) is 0 Å². The van der Waals surface area contributed by atoms with E-state index in [4.69, 9.17) is 19.4 Å². The van der Waals surface area contributed by atoms with E-state index in [1.807, 2.05) is 24.9 Å². The number of phosphoric ester groups is 1. The number of hydrogen-bond acceptors (Lipinski definition) is 12. The summed E-state index contributed by atoms with van der Waals surface area (Å²) in [6, 6.07) is 0. The second kappa shape index (κ2) is 12.0. The molecule has 1 aliphatic rings. The Bertz CT molecular complexity index is 1220. The Balaban J connectivity index is 2.12. The molecule has 1 aliphatic heterocycles. The molecule has 0 amide bonds. The van der Waals surface area contributed by atoms with Crippen LogP contribution >= 0.6 is 23.5 Å². The van der Waals surface area contributed by atoms with Crippen LogP contribution in [0.4, 0.5) is 0 Å². The second-order valence-corrected chi connectivity index (χ2v) is 12.1. The van der Waals surface area contributed by atoms with Crippen LogP contribution in [0.3, 0.4) is 0 Å². The van der Waals surface area contributed by atoms with Crippen LogP contribution in [0, 0.1) is 0 Å². The molecule has 206 valence electrons. The molecule has 6 atom stereocenters. The Morgan fingerprint density at radius 1 is 1.11 bits per heavy atom. The lowest BCUT2D eigenvalue weighted by molar-refractivity contribution is -0.0543. The van der Waals surface area contributed by atoms with Gasteiger partial charge in [-0.3, -0.25) is 18.9 Å². The highest BCUT2D eigenvalue weighted by molar-refractivity contribution is 7.66. The number of phosphoric acid groups is 3. The van der Waals surface area contributed by atoms with Crippen molar-refractivity contribution in [1.29, 1.82) is 0 Å². The Hall–Kier alpha value is -1.33. The third-order valence-electron chi connectivity index (χ3n) is 4.44. The maximum atomic E-state index is 12.3. The van der Waals surface area contributed by atoms with Gasteiger partial charge in [-0.05, 0) is 13.8 Å². The van der Waals surface area contributed by atoms with Crippen molar-refractivity contribution in [3.8, 4) is 0 Å². The fraction of sp³-hybridized carbons (Fsp3) is 0.600. The Morgan fingerprint density at radius 2 is 1.75 bits per heavy atom. The average molecular weight is 581 g/mol. The van der Waals surface area contributed by atoms with Crippen molar-refractivity contribution >= 4 is 23.5 Å². The van der Waals surface area contributed by atoms with Crippen LogP contribution in [0.1, 0.15) is 25.6 Å². The normalized spacial score (nSPS) is 25.8. The molecule has 36 heavy (non-hydrogen) atoms. The van der Waals surface area contributed by atoms with Gasteiger partial charge in [0.1, 0.15) is 18.3 Å². The topological polar surface area (TPSA) is 276 Å². The molecule has 0 saturated carbocycles. The van der Waals surface area contributed by atoms with Crippen molar-refractivity contribution in [2.75, 3.05) is 13.2 Å². The summed E-state index contributed by atoms with van der Waals surface area (Å²) in [6.07, 6.45) is -3.87. The van der Waals surface area contributed by atoms with Crippen molar-refractivity contribution in [1.82, 2.24) is 14.9 Å². The number of aromatic nitrogens is 2. The van der Waals surface area contributed by atoms with Gasteiger partial charge in [-0.15, -0.1) is 0 Å². The average Bonchev–Trinajstić information content (AvgIpc) is 2.96. The van der Waals surface area contributed by atoms with Gasteiger partial charge < -0.3 is 39.8 Å². The summed E-state index contributed by atoms with van der Waals surface area (Å²) >= 11 is 0. The molecule has 8 N–H and O–H groups in total. The highest BCUT2D eigenvalue weighted by Gasteiger charge is 2.46. The lowest BCUT2D eigenvalue weighted by Gasteiger charge is -2.19. The lowest BCUT2D eigenvalue weighted by atomic mass is 10.1. The Morgan fingerprint density at radius 3 is 2.33 bits per heavy atom. The summed E-state index contributed by atoms with van der Waals surface area (Å²) < 4.78 is 51.5. The fourth-order valence-electron chi connectivity index (χ4n) is 2.89. The van der Waals surface area contributed by atoms with E-state index >= 15 is 0 Å². The number of aromatic amines is 1. The zero-order valence-corrected chi connectivity index (χ0v) is 21.4. The predicted molar refractivity (Wildman–Crippen MR) is 118 cm³/mol. The molecule has 21 heteroatoms. The molecule has 2 unspecified atom stereocenters. The van der Waals surface area contributed by atoms with Gasteiger partial charge in [-0.25, -0.2) is 18.5 Å².